The van der Waals surface area contributed by atoms with Gasteiger partial charge < -0.3 is 14.8 Å². The van der Waals surface area contributed by atoms with E-state index in [0.29, 0.717) is 6.42 Å². The first-order chi connectivity index (χ1) is 10.2. The van der Waals surface area contributed by atoms with Crippen molar-refractivity contribution in [3.05, 3.63) is 29.7 Å². The first-order valence-electron chi connectivity index (χ1n) is 6.59. The number of carbonyl (C=O) groups excluding carboxylic acids is 1. The Hall–Kier alpha value is -1.31. The van der Waals surface area contributed by atoms with Crippen molar-refractivity contribution < 1.29 is 14.3 Å². The molecule has 0 radical (unpaired) electrons. The maximum Gasteiger partial charge on any atom is 0.226 e. The molecule has 0 fully saturated rings. The molecule has 0 saturated heterocycles. The quantitative estimate of drug-likeness (QED) is 0.777. The Kier molecular flexibility index (Phi) is 6.28. The highest BCUT2D eigenvalue weighted by atomic mass is 32.2. The van der Waals surface area contributed by atoms with Crippen LogP contribution in [0, 0.1) is 0 Å². The van der Waals surface area contributed by atoms with Crippen molar-refractivity contribution in [2.24, 2.45) is 0 Å². The minimum absolute atomic E-state index is 0.00415. The number of nitrogens with one attached hydrogen (secondary N) is 1. The summed E-state index contributed by atoms with van der Waals surface area (Å²) in [6, 6.07) is 1.85. The van der Waals surface area contributed by atoms with Gasteiger partial charge in [0.15, 0.2) is 0 Å². The summed E-state index contributed by atoms with van der Waals surface area (Å²) < 4.78 is 5.03. The van der Waals surface area contributed by atoms with Gasteiger partial charge in [0, 0.05) is 29.3 Å². The number of thioether (sulfide) groups is 1. The average Bonchev–Trinajstić information content (AvgIpc) is 3.09. The second kappa shape index (κ2) is 8.21. The van der Waals surface area contributed by atoms with Crippen LogP contribution in [-0.2, 0) is 11.2 Å². The van der Waals surface area contributed by atoms with Gasteiger partial charge in [-0.15, -0.1) is 11.3 Å². The first-order valence-corrected chi connectivity index (χ1v) is 8.86. The summed E-state index contributed by atoms with van der Waals surface area (Å²) in [5.41, 5.74) is 1.67. The Morgan fingerprint density at radius 1 is 1.62 bits per heavy atom. The topological polar surface area (TPSA) is 75.4 Å². The largest absolute Gasteiger partial charge is 0.472 e. The van der Waals surface area contributed by atoms with E-state index in [0.717, 1.165) is 22.0 Å². The van der Waals surface area contributed by atoms with E-state index in [1.165, 1.54) is 11.3 Å². The molecule has 2 aromatic rings. The van der Waals surface area contributed by atoms with E-state index in [4.69, 9.17) is 9.52 Å². The third-order valence-electron chi connectivity index (χ3n) is 2.87. The smallest absolute Gasteiger partial charge is 0.226 e. The Balaban J connectivity index is 1.90. The normalized spacial score (nSPS) is 12.3. The van der Waals surface area contributed by atoms with E-state index in [2.05, 4.69) is 10.3 Å². The molecule has 1 amide bonds. The van der Waals surface area contributed by atoms with Gasteiger partial charge in [0.1, 0.15) is 11.3 Å². The van der Waals surface area contributed by atoms with E-state index in [-0.39, 0.29) is 25.0 Å². The highest BCUT2D eigenvalue weighted by Gasteiger charge is 2.14. The lowest BCUT2D eigenvalue weighted by Gasteiger charge is -2.16. The number of aromatic nitrogens is 1. The van der Waals surface area contributed by atoms with E-state index in [1.54, 1.807) is 24.3 Å². The number of aliphatic hydroxyl groups excluding tert-OH is 1. The Morgan fingerprint density at radius 3 is 3.14 bits per heavy atom. The number of hydrogen-bond acceptors (Lipinski definition) is 6. The van der Waals surface area contributed by atoms with Crippen LogP contribution in [0.25, 0.3) is 10.6 Å². The number of aliphatic hydroxyl groups is 1. The Labute approximate surface area is 131 Å². The maximum atomic E-state index is 12.0. The van der Waals surface area contributed by atoms with Crippen LogP contribution < -0.4 is 5.32 Å². The fourth-order valence-corrected chi connectivity index (χ4v) is 3.36. The molecular formula is C14H18N2O3S2. The van der Waals surface area contributed by atoms with Crippen molar-refractivity contribution in [2.75, 3.05) is 18.6 Å². The maximum absolute atomic E-state index is 12.0. The van der Waals surface area contributed by atoms with Gasteiger partial charge in [-0.2, -0.15) is 11.8 Å². The minimum atomic E-state index is -0.0634. The molecule has 0 bridgehead atoms. The Bertz CT molecular complexity index is 548. The molecule has 1 atom stereocenters. The number of nitrogens with zero attached hydrogens (tertiary/aromatic N) is 1. The standard InChI is InChI=1S/C14H18N2O3S2/c1-20-8-11(2-4-17)15-13(18)6-12-9-21-14(16-12)10-3-5-19-7-10/h3,5,7,9,11,17H,2,4,6,8H2,1H3,(H,15,18). The number of amides is 1. The van der Waals surface area contributed by atoms with E-state index in [9.17, 15) is 4.79 Å². The van der Waals surface area contributed by atoms with Gasteiger partial charge in [-0.3, -0.25) is 4.79 Å². The molecule has 7 heteroatoms. The van der Waals surface area contributed by atoms with Crippen LogP contribution in [0.3, 0.4) is 0 Å². The van der Waals surface area contributed by atoms with Crippen molar-refractivity contribution >= 4 is 29.0 Å². The molecule has 2 heterocycles. The van der Waals surface area contributed by atoms with Crippen LogP contribution in [0.4, 0.5) is 0 Å². The van der Waals surface area contributed by atoms with E-state index in [1.807, 2.05) is 17.7 Å². The molecule has 0 aliphatic heterocycles. The molecular weight excluding hydrogens is 308 g/mol. The van der Waals surface area contributed by atoms with Gasteiger partial charge in [-0.1, -0.05) is 0 Å². The molecule has 0 aromatic carbocycles. The fraction of sp³-hybridized carbons (Fsp3) is 0.429. The number of hydrogen-bond donors (Lipinski definition) is 2. The predicted molar refractivity (Wildman–Crippen MR) is 85.5 cm³/mol. The average molecular weight is 326 g/mol. The summed E-state index contributed by atoms with van der Waals surface area (Å²) in [6.07, 6.45) is 6.05. The van der Waals surface area contributed by atoms with Gasteiger partial charge >= 0.3 is 0 Å². The molecule has 2 aromatic heterocycles. The lowest BCUT2D eigenvalue weighted by molar-refractivity contribution is -0.121. The molecule has 2 N–H and O–H groups in total. The van der Waals surface area contributed by atoms with Gasteiger partial charge in [0.25, 0.3) is 0 Å². The van der Waals surface area contributed by atoms with Gasteiger partial charge in [0.05, 0.1) is 18.4 Å². The zero-order valence-corrected chi connectivity index (χ0v) is 13.4. The van der Waals surface area contributed by atoms with E-state index < -0.39 is 0 Å². The van der Waals surface area contributed by atoms with Crippen molar-refractivity contribution in [1.82, 2.24) is 10.3 Å². The molecule has 0 saturated carbocycles. The summed E-state index contributed by atoms with van der Waals surface area (Å²) in [4.78, 5) is 16.4. The molecule has 5 nitrogen and oxygen atoms in total. The minimum Gasteiger partial charge on any atom is -0.472 e. The second-order valence-corrected chi connectivity index (χ2v) is 6.33. The zero-order chi connectivity index (χ0) is 15.1. The third kappa shape index (κ3) is 4.87. The summed E-state index contributed by atoms with van der Waals surface area (Å²) in [7, 11) is 0. The highest BCUT2D eigenvalue weighted by molar-refractivity contribution is 7.98. The van der Waals surface area contributed by atoms with Gasteiger partial charge in [-0.25, -0.2) is 4.98 Å². The second-order valence-electron chi connectivity index (χ2n) is 4.56. The van der Waals surface area contributed by atoms with Crippen LogP contribution in [0.5, 0.6) is 0 Å². The first kappa shape index (κ1) is 16.1. The molecule has 1 unspecified atom stereocenters. The molecule has 2 rings (SSSR count). The predicted octanol–water partition coefficient (Wildman–Crippen LogP) is 2.18. The van der Waals surface area contributed by atoms with Gasteiger partial charge in [0.2, 0.25) is 5.91 Å². The summed E-state index contributed by atoms with van der Waals surface area (Å²) in [5, 5.41) is 14.7. The van der Waals surface area contributed by atoms with Crippen LogP contribution in [-0.4, -0.2) is 40.7 Å². The molecule has 0 aliphatic carbocycles. The molecule has 114 valence electrons. The highest BCUT2D eigenvalue weighted by Crippen LogP contribution is 2.24. The summed E-state index contributed by atoms with van der Waals surface area (Å²) in [5.74, 6) is 0.732. The molecule has 0 aliphatic rings. The third-order valence-corrected chi connectivity index (χ3v) is 4.55. The lowest BCUT2D eigenvalue weighted by Crippen LogP contribution is -2.38. The summed E-state index contributed by atoms with van der Waals surface area (Å²) >= 11 is 3.14. The number of rotatable bonds is 8. The van der Waals surface area contributed by atoms with Gasteiger partial charge in [-0.05, 0) is 18.7 Å². The number of thiazole rings is 1. The van der Waals surface area contributed by atoms with Crippen molar-refractivity contribution in [1.29, 1.82) is 0 Å². The zero-order valence-electron chi connectivity index (χ0n) is 11.7. The summed E-state index contributed by atoms with van der Waals surface area (Å²) in [6.45, 7) is 0.0762. The Morgan fingerprint density at radius 2 is 2.48 bits per heavy atom. The molecule has 0 spiro atoms. The van der Waals surface area contributed by atoms with Crippen LogP contribution in [0.2, 0.25) is 0 Å². The van der Waals surface area contributed by atoms with Crippen LogP contribution in [0.15, 0.2) is 28.4 Å². The van der Waals surface area contributed by atoms with E-state index >= 15 is 0 Å². The van der Waals surface area contributed by atoms with Crippen molar-refractivity contribution in [2.45, 2.75) is 18.9 Å². The number of furan rings is 1. The van der Waals surface area contributed by atoms with Crippen molar-refractivity contribution in [3.8, 4) is 10.6 Å². The van der Waals surface area contributed by atoms with Crippen LogP contribution >= 0.6 is 23.1 Å². The fourth-order valence-electron chi connectivity index (χ4n) is 1.90. The SMILES string of the molecule is CSCC(CCO)NC(=O)Cc1csc(-c2ccoc2)n1. The lowest BCUT2D eigenvalue weighted by atomic mass is 10.2. The van der Waals surface area contributed by atoms with Crippen molar-refractivity contribution in [3.63, 3.8) is 0 Å². The molecule has 21 heavy (non-hydrogen) atoms. The number of carbonyl (C=O) groups is 1. The monoisotopic (exact) mass is 326 g/mol. The van der Waals surface area contributed by atoms with Crippen LogP contribution in [0.1, 0.15) is 12.1 Å².